The van der Waals surface area contributed by atoms with Crippen LogP contribution in [0.15, 0.2) is 4.60 Å². The standard InChI is InChI=1S/C17H21BrN2O/c1-9-14-5-17(21-15(14)10(2)19-16(9)18)12-3-11-4-13(17)8-20(6-11)7-12/h11-13H,3-8H2,1-2H3. The molecule has 1 aliphatic carbocycles. The molecule has 21 heavy (non-hydrogen) atoms. The van der Waals surface area contributed by atoms with Gasteiger partial charge in [-0.2, -0.15) is 0 Å². The maximum atomic E-state index is 6.73. The van der Waals surface area contributed by atoms with Crippen molar-refractivity contribution < 1.29 is 4.74 Å². The van der Waals surface area contributed by atoms with Crippen molar-refractivity contribution in [3.05, 3.63) is 21.4 Å². The summed E-state index contributed by atoms with van der Waals surface area (Å²) in [7, 11) is 0. The zero-order chi connectivity index (χ0) is 14.4. The number of aromatic nitrogens is 1. The van der Waals surface area contributed by atoms with Gasteiger partial charge >= 0.3 is 0 Å². The Morgan fingerprint density at radius 3 is 2.57 bits per heavy atom. The van der Waals surface area contributed by atoms with Crippen molar-refractivity contribution in [2.24, 2.45) is 17.8 Å². The average molecular weight is 349 g/mol. The first-order valence-corrected chi connectivity index (χ1v) is 8.93. The minimum atomic E-state index is 0.0771. The molecular weight excluding hydrogens is 328 g/mol. The Bertz CT molecular complexity index is 614. The number of halogens is 1. The van der Waals surface area contributed by atoms with Crippen LogP contribution >= 0.6 is 15.9 Å². The highest BCUT2D eigenvalue weighted by atomic mass is 79.9. The molecular formula is C17H21BrN2O. The molecule has 1 saturated carbocycles. The lowest BCUT2D eigenvalue weighted by molar-refractivity contribution is -0.158. The van der Waals surface area contributed by atoms with Gasteiger partial charge in [-0.1, -0.05) is 0 Å². The van der Waals surface area contributed by atoms with Gasteiger partial charge in [0.2, 0.25) is 0 Å². The first-order chi connectivity index (χ1) is 10.1. The molecule has 1 spiro atoms. The minimum Gasteiger partial charge on any atom is -0.484 e. The molecule has 5 aliphatic rings. The Labute approximate surface area is 134 Å². The van der Waals surface area contributed by atoms with Crippen molar-refractivity contribution in [2.75, 3.05) is 19.6 Å². The predicted molar refractivity (Wildman–Crippen MR) is 84.6 cm³/mol. The van der Waals surface area contributed by atoms with Gasteiger partial charge in [-0.05, 0) is 54.1 Å². The largest absolute Gasteiger partial charge is 0.484 e. The van der Waals surface area contributed by atoms with E-state index in [-0.39, 0.29) is 5.60 Å². The molecule has 0 radical (unpaired) electrons. The Hall–Kier alpha value is -0.610. The van der Waals surface area contributed by atoms with Gasteiger partial charge in [0.25, 0.3) is 0 Å². The molecule has 0 amide bonds. The van der Waals surface area contributed by atoms with Crippen molar-refractivity contribution in [3.63, 3.8) is 0 Å². The molecule has 4 aliphatic heterocycles. The molecule has 3 saturated heterocycles. The van der Waals surface area contributed by atoms with Gasteiger partial charge in [0.15, 0.2) is 0 Å². The first-order valence-electron chi connectivity index (χ1n) is 8.14. The molecule has 5 heterocycles. The van der Waals surface area contributed by atoms with Gasteiger partial charge in [0, 0.05) is 43.5 Å². The summed E-state index contributed by atoms with van der Waals surface area (Å²) in [6, 6.07) is 0. The van der Waals surface area contributed by atoms with Gasteiger partial charge in [0.05, 0.1) is 5.69 Å². The van der Waals surface area contributed by atoms with E-state index in [1.54, 1.807) is 0 Å². The van der Waals surface area contributed by atoms with Crippen LogP contribution in [0.3, 0.4) is 0 Å². The molecule has 4 fully saturated rings. The molecule has 2 unspecified atom stereocenters. The molecule has 0 aromatic carbocycles. The van der Waals surface area contributed by atoms with E-state index >= 15 is 0 Å². The summed E-state index contributed by atoms with van der Waals surface area (Å²) >= 11 is 3.62. The van der Waals surface area contributed by atoms with E-state index in [1.807, 2.05) is 0 Å². The highest BCUT2D eigenvalue weighted by Crippen LogP contribution is 2.56. The third kappa shape index (κ3) is 1.56. The monoisotopic (exact) mass is 348 g/mol. The van der Waals surface area contributed by atoms with Crippen LogP contribution in [-0.4, -0.2) is 35.1 Å². The summed E-state index contributed by atoms with van der Waals surface area (Å²) in [5.74, 6) is 3.45. The fourth-order valence-corrected chi connectivity index (χ4v) is 6.06. The lowest BCUT2D eigenvalue weighted by atomic mass is 9.58. The third-order valence-corrected chi connectivity index (χ3v) is 7.24. The molecule has 4 bridgehead atoms. The summed E-state index contributed by atoms with van der Waals surface area (Å²) in [5, 5.41) is 0. The number of pyridine rings is 1. The quantitative estimate of drug-likeness (QED) is 0.673. The number of ether oxygens (including phenoxy) is 1. The van der Waals surface area contributed by atoms with E-state index in [9.17, 15) is 0 Å². The van der Waals surface area contributed by atoms with Gasteiger partial charge in [-0.15, -0.1) is 0 Å². The SMILES string of the molecule is Cc1nc(Br)c(C)c2c1OC1(C2)C2CC3CC1CN(C3)C2. The van der Waals surface area contributed by atoms with Crippen LogP contribution in [-0.2, 0) is 6.42 Å². The van der Waals surface area contributed by atoms with E-state index in [0.717, 1.165) is 28.4 Å². The number of hydrogen-bond donors (Lipinski definition) is 0. The van der Waals surface area contributed by atoms with Gasteiger partial charge in [0.1, 0.15) is 16.0 Å². The zero-order valence-corrected chi connectivity index (χ0v) is 14.2. The summed E-state index contributed by atoms with van der Waals surface area (Å²) in [4.78, 5) is 7.30. The highest BCUT2D eigenvalue weighted by Gasteiger charge is 2.61. The molecule has 6 rings (SSSR count). The highest BCUT2D eigenvalue weighted by molar-refractivity contribution is 9.10. The van der Waals surface area contributed by atoms with E-state index in [2.05, 4.69) is 39.7 Å². The molecule has 1 aromatic rings. The smallest absolute Gasteiger partial charge is 0.145 e. The molecule has 0 N–H and O–H groups in total. The van der Waals surface area contributed by atoms with Crippen molar-refractivity contribution in [3.8, 4) is 5.75 Å². The average Bonchev–Trinajstić information content (AvgIpc) is 2.84. The molecule has 2 atom stereocenters. The second kappa shape index (κ2) is 4.02. The van der Waals surface area contributed by atoms with E-state index in [4.69, 9.17) is 4.74 Å². The van der Waals surface area contributed by atoms with Crippen molar-refractivity contribution in [1.29, 1.82) is 0 Å². The number of rotatable bonds is 0. The van der Waals surface area contributed by atoms with Crippen LogP contribution in [0.1, 0.15) is 29.7 Å². The summed E-state index contributed by atoms with van der Waals surface area (Å²) in [5.41, 5.74) is 3.82. The first kappa shape index (κ1) is 12.9. The Balaban J connectivity index is 1.61. The molecule has 112 valence electrons. The third-order valence-electron chi connectivity index (χ3n) is 6.47. The van der Waals surface area contributed by atoms with Crippen molar-refractivity contribution in [2.45, 2.75) is 38.7 Å². The molecule has 3 nitrogen and oxygen atoms in total. The van der Waals surface area contributed by atoms with Crippen LogP contribution in [0.25, 0.3) is 0 Å². The minimum absolute atomic E-state index is 0.0771. The van der Waals surface area contributed by atoms with Gasteiger partial charge in [-0.25, -0.2) is 4.98 Å². The number of fused-ring (bicyclic) bond motifs is 1. The fourth-order valence-electron chi connectivity index (χ4n) is 5.55. The number of hydrogen-bond acceptors (Lipinski definition) is 3. The number of aryl methyl sites for hydroxylation is 1. The molecule has 1 aromatic heterocycles. The maximum Gasteiger partial charge on any atom is 0.145 e. The maximum absolute atomic E-state index is 6.73. The summed E-state index contributed by atoms with van der Waals surface area (Å²) in [6.07, 6.45) is 3.84. The normalized spacial score (nSPS) is 42.4. The summed E-state index contributed by atoms with van der Waals surface area (Å²) in [6.45, 7) is 8.08. The Morgan fingerprint density at radius 2 is 1.90 bits per heavy atom. The molecule has 4 heteroatoms. The van der Waals surface area contributed by atoms with Gasteiger partial charge in [-0.3, -0.25) is 0 Å². The fraction of sp³-hybridized carbons (Fsp3) is 0.706. The Kier molecular flexibility index (Phi) is 2.47. The van der Waals surface area contributed by atoms with Crippen molar-refractivity contribution in [1.82, 2.24) is 9.88 Å². The summed E-state index contributed by atoms with van der Waals surface area (Å²) < 4.78 is 7.72. The van der Waals surface area contributed by atoms with Crippen LogP contribution in [0.4, 0.5) is 0 Å². The lowest BCUT2D eigenvalue weighted by Gasteiger charge is -2.60. The Morgan fingerprint density at radius 1 is 1.19 bits per heavy atom. The number of piperidine rings is 3. The topological polar surface area (TPSA) is 25.4 Å². The van der Waals surface area contributed by atoms with Gasteiger partial charge < -0.3 is 9.64 Å². The lowest BCUT2D eigenvalue weighted by Crippen LogP contribution is -2.68. The van der Waals surface area contributed by atoms with E-state index in [1.165, 1.54) is 43.6 Å². The van der Waals surface area contributed by atoms with Crippen LogP contribution in [0.2, 0.25) is 0 Å². The van der Waals surface area contributed by atoms with Crippen LogP contribution in [0, 0.1) is 31.6 Å². The second-order valence-electron chi connectivity index (χ2n) is 7.60. The van der Waals surface area contributed by atoms with E-state index < -0.39 is 0 Å². The van der Waals surface area contributed by atoms with Crippen LogP contribution in [0.5, 0.6) is 5.75 Å². The predicted octanol–water partition coefficient (Wildman–Crippen LogP) is 3.11. The number of nitrogens with zero attached hydrogens (tertiary/aromatic N) is 2. The zero-order valence-electron chi connectivity index (χ0n) is 12.7. The van der Waals surface area contributed by atoms with Crippen LogP contribution < -0.4 is 4.74 Å². The second-order valence-corrected chi connectivity index (χ2v) is 8.36. The van der Waals surface area contributed by atoms with E-state index in [0.29, 0.717) is 11.8 Å². The van der Waals surface area contributed by atoms with Crippen molar-refractivity contribution >= 4 is 15.9 Å².